The van der Waals surface area contributed by atoms with Crippen LogP contribution in [0.15, 0.2) is 54.6 Å². The standard InChI is InChI=1S/C19H21N3O3S/c1-16(23)22(19-10-6-5-9-18(19)15-20)13-12-21-26(24,25)14-11-17-7-3-2-4-8-17/h2-10,21H,11-14H2,1H3. The van der Waals surface area contributed by atoms with Crippen LogP contribution in [-0.4, -0.2) is 33.2 Å². The van der Waals surface area contributed by atoms with Gasteiger partial charge < -0.3 is 4.90 Å². The highest BCUT2D eigenvalue weighted by molar-refractivity contribution is 7.89. The fraction of sp³-hybridized carbons (Fsp3) is 0.263. The lowest BCUT2D eigenvalue weighted by Crippen LogP contribution is -2.38. The zero-order valence-corrected chi connectivity index (χ0v) is 15.4. The number of carbonyl (C=O) groups is 1. The second-order valence-corrected chi connectivity index (χ2v) is 7.67. The van der Waals surface area contributed by atoms with Crippen LogP contribution < -0.4 is 9.62 Å². The topological polar surface area (TPSA) is 90.3 Å². The number of rotatable bonds is 8. The number of sulfonamides is 1. The molecule has 1 amide bonds. The van der Waals surface area contributed by atoms with E-state index in [1.807, 2.05) is 36.4 Å². The molecule has 0 unspecified atom stereocenters. The van der Waals surface area contributed by atoms with E-state index >= 15 is 0 Å². The molecule has 0 saturated heterocycles. The van der Waals surface area contributed by atoms with Gasteiger partial charge in [0.15, 0.2) is 0 Å². The molecule has 2 rings (SSSR count). The Kier molecular flexibility index (Phi) is 6.89. The number of nitriles is 1. The van der Waals surface area contributed by atoms with Gasteiger partial charge in [0.25, 0.3) is 0 Å². The maximum atomic E-state index is 12.1. The summed E-state index contributed by atoms with van der Waals surface area (Å²) in [7, 11) is -3.45. The second kappa shape index (κ2) is 9.13. The summed E-state index contributed by atoms with van der Waals surface area (Å²) < 4.78 is 26.8. The van der Waals surface area contributed by atoms with Crippen molar-refractivity contribution in [3.63, 3.8) is 0 Å². The van der Waals surface area contributed by atoms with Gasteiger partial charge >= 0.3 is 0 Å². The molecule has 1 N–H and O–H groups in total. The molecule has 0 bridgehead atoms. The first-order chi connectivity index (χ1) is 12.4. The molecule has 2 aromatic carbocycles. The average molecular weight is 371 g/mol. The van der Waals surface area contributed by atoms with Gasteiger partial charge in [0.1, 0.15) is 6.07 Å². The molecule has 136 valence electrons. The fourth-order valence-electron chi connectivity index (χ4n) is 2.53. The van der Waals surface area contributed by atoms with Crippen molar-refractivity contribution in [3.8, 4) is 6.07 Å². The third-order valence-electron chi connectivity index (χ3n) is 3.86. The van der Waals surface area contributed by atoms with E-state index in [0.717, 1.165) is 5.56 Å². The summed E-state index contributed by atoms with van der Waals surface area (Å²) >= 11 is 0. The fourth-order valence-corrected chi connectivity index (χ4v) is 3.58. The van der Waals surface area contributed by atoms with Gasteiger partial charge in [-0.15, -0.1) is 0 Å². The number of carbonyl (C=O) groups excluding carboxylic acids is 1. The Bertz CT molecular complexity index is 890. The molecule has 0 heterocycles. The highest BCUT2D eigenvalue weighted by Gasteiger charge is 2.16. The Hall–Kier alpha value is -2.69. The first-order valence-corrected chi connectivity index (χ1v) is 9.86. The van der Waals surface area contributed by atoms with Crippen LogP contribution in [-0.2, 0) is 21.2 Å². The highest BCUT2D eigenvalue weighted by Crippen LogP contribution is 2.19. The van der Waals surface area contributed by atoms with Crippen LogP contribution in [0.3, 0.4) is 0 Å². The predicted molar refractivity (Wildman–Crippen MR) is 101 cm³/mol. The summed E-state index contributed by atoms with van der Waals surface area (Å²) in [4.78, 5) is 13.3. The molecule has 0 aliphatic rings. The quantitative estimate of drug-likeness (QED) is 0.769. The molecule has 0 aliphatic carbocycles. The number of aryl methyl sites for hydroxylation is 1. The molecule has 0 atom stereocenters. The molecular formula is C19H21N3O3S. The number of nitrogens with one attached hydrogen (secondary N) is 1. The van der Waals surface area contributed by atoms with Crippen molar-refractivity contribution in [2.75, 3.05) is 23.7 Å². The normalized spacial score (nSPS) is 10.9. The largest absolute Gasteiger partial charge is 0.310 e. The zero-order chi connectivity index (χ0) is 19.0. The molecule has 0 fully saturated rings. The lowest BCUT2D eigenvalue weighted by molar-refractivity contribution is -0.116. The van der Waals surface area contributed by atoms with Crippen molar-refractivity contribution in [1.82, 2.24) is 4.72 Å². The van der Waals surface area contributed by atoms with E-state index in [1.165, 1.54) is 11.8 Å². The van der Waals surface area contributed by atoms with Gasteiger partial charge in [-0.2, -0.15) is 5.26 Å². The maximum Gasteiger partial charge on any atom is 0.223 e. The van der Waals surface area contributed by atoms with E-state index in [4.69, 9.17) is 0 Å². The summed E-state index contributed by atoms with van der Waals surface area (Å²) in [5.74, 6) is -0.275. The lowest BCUT2D eigenvalue weighted by atomic mass is 10.1. The molecule has 0 saturated carbocycles. The Morgan fingerprint density at radius 1 is 1.12 bits per heavy atom. The van der Waals surface area contributed by atoms with Crippen molar-refractivity contribution in [2.45, 2.75) is 13.3 Å². The van der Waals surface area contributed by atoms with Crippen LogP contribution in [0.1, 0.15) is 18.1 Å². The number of para-hydroxylation sites is 1. The minimum atomic E-state index is -3.45. The minimum absolute atomic E-state index is 0.0220. The Labute approximate surface area is 154 Å². The monoisotopic (exact) mass is 371 g/mol. The molecule has 0 spiro atoms. The van der Waals surface area contributed by atoms with E-state index in [-0.39, 0.29) is 24.7 Å². The van der Waals surface area contributed by atoms with Crippen molar-refractivity contribution in [3.05, 3.63) is 65.7 Å². The van der Waals surface area contributed by atoms with Crippen molar-refractivity contribution in [2.24, 2.45) is 0 Å². The van der Waals surface area contributed by atoms with Crippen LogP contribution in [0.4, 0.5) is 5.69 Å². The zero-order valence-electron chi connectivity index (χ0n) is 14.6. The van der Waals surface area contributed by atoms with E-state index in [1.54, 1.807) is 24.3 Å². The summed E-state index contributed by atoms with van der Waals surface area (Å²) in [5, 5.41) is 9.18. The summed E-state index contributed by atoms with van der Waals surface area (Å²) in [6.45, 7) is 1.62. The van der Waals surface area contributed by atoms with E-state index in [9.17, 15) is 18.5 Å². The highest BCUT2D eigenvalue weighted by atomic mass is 32.2. The first-order valence-electron chi connectivity index (χ1n) is 8.21. The number of nitrogens with zero attached hydrogens (tertiary/aromatic N) is 2. The van der Waals surface area contributed by atoms with Gasteiger partial charge in [-0.3, -0.25) is 4.79 Å². The molecular weight excluding hydrogens is 350 g/mol. The van der Waals surface area contributed by atoms with Gasteiger partial charge in [-0.25, -0.2) is 13.1 Å². The predicted octanol–water partition coefficient (Wildman–Crippen LogP) is 2.07. The molecule has 0 radical (unpaired) electrons. The molecule has 6 nitrogen and oxygen atoms in total. The van der Waals surface area contributed by atoms with Gasteiger partial charge in [0.05, 0.1) is 17.0 Å². The van der Waals surface area contributed by atoms with Crippen LogP contribution in [0.5, 0.6) is 0 Å². The number of hydrogen-bond acceptors (Lipinski definition) is 4. The summed E-state index contributed by atoms with van der Waals surface area (Å²) in [6, 6.07) is 18.2. The number of amides is 1. The SMILES string of the molecule is CC(=O)N(CCNS(=O)(=O)CCc1ccccc1)c1ccccc1C#N. The smallest absolute Gasteiger partial charge is 0.223 e. The van der Waals surface area contributed by atoms with Crippen molar-refractivity contribution < 1.29 is 13.2 Å². The molecule has 0 aromatic heterocycles. The second-order valence-electron chi connectivity index (χ2n) is 5.75. The van der Waals surface area contributed by atoms with E-state index < -0.39 is 10.0 Å². The maximum absolute atomic E-state index is 12.1. The van der Waals surface area contributed by atoms with Crippen LogP contribution in [0, 0.1) is 11.3 Å². The third kappa shape index (κ3) is 5.69. The van der Waals surface area contributed by atoms with Crippen LogP contribution in [0.2, 0.25) is 0 Å². The third-order valence-corrected chi connectivity index (χ3v) is 5.24. The van der Waals surface area contributed by atoms with Crippen LogP contribution >= 0.6 is 0 Å². The molecule has 7 heteroatoms. The van der Waals surface area contributed by atoms with Crippen molar-refractivity contribution >= 4 is 21.6 Å². The Morgan fingerprint density at radius 3 is 2.42 bits per heavy atom. The van der Waals surface area contributed by atoms with Gasteiger partial charge in [0, 0.05) is 20.0 Å². The molecule has 26 heavy (non-hydrogen) atoms. The Morgan fingerprint density at radius 2 is 1.77 bits per heavy atom. The first kappa shape index (κ1) is 19.6. The summed E-state index contributed by atoms with van der Waals surface area (Å²) in [6.07, 6.45) is 0.420. The lowest BCUT2D eigenvalue weighted by Gasteiger charge is -2.22. The van der Waals surface area contributed by atoms with E-state index in [2.05, 4.69) is 4.72 Å². The number of benzene rings is 2. The minimum Gasteiger partial charge on any atom is -0.310 e. The van der Waals surface area contributed by atoms with Gasteiger partial charge in [-0.05, 0) is 24.1 Å². The van der Waals surface area contributed by atoms with E-state index in [0.29, 0.717) is 17.7 Å². The molecule has 2 aromatic rings. The number of hydrogen-bond donors (Lipinski definition) is 1. The Balaban J connectivity index is 1.95. The van der Waals surface area contributed by atoms with Gasteiger partial charge in [-0.1, -0.05) is 42.5 Å². The summed E-state index contributed by atoms with van der Waals surface area (Å²) in [5.41, 5.74) is 1.80. The average Bonchev–Trinajstić information content (AvgIpc) is 2.64. The van der Waals surface area contributed by atoms with Gasteiger partial charge in [0.2, 0.25) is 15.9 Å². The van der Waals surface area contributed by atoms with Crippen LogP contribution in [0.25, 0.3) is 0 Å². The molecule has 0 aliphatic heterocycles. The number of anilines is 1. The van der Waals surface area contributed by atoms with Crippen molar-refractivity contribution in [1.29, 1.82) is 5.26 Å².